The molecular formula is C16H25NO2. The highest BCUT2D eigenvalue weighted by molar-refractivity contribution is 5.24. The average Bonchev–Trinajstić information content (AvgIpc) is 2.77. The Morgan fingerprint density at radius 3 is 2.63 bits per heavy atom. The zero-order valence-electron chi connectivity index (χ0n) is 12.1. The maximum atomic E-state index is 10.5. The van der Waals surface area contributed by atoms with Gasteiger partial charge in [0.15, 0.2) is 0 Å². The lowest BCUT2D eigenvalue weighted by Crippen LogP contribution is -2.46. The minimum atomic E-state index is -0.725. The van der Waals surface area contributed by atoms with E-state index in [0.717, 1.165) is 6.42 Å². The molecule has 2 N–H and O–H groups in total. The van der Waals surface area contributed by atoms with E-state index in [1.165, 1.54) is 11.1 Å². The summed E-state index contributed by atoms with van der Waals surface area (Å²) in [5.74, 6) is 0. The number of aliphatic hydroxyl groups is 1. The van der Waals surface area contributed by atoms with Gasteiger partial charge in [-0.3, -0.25) is 0 Å². The van der Waals surface area contributed by atoms with Gasteiger partial charge in [0.1, 0.15) is 5.60 Å². The topological polar surface area (TPSA) is 41.5 Å². The van der Waals surface area contributed by atoms with Crippen LogP contribution in [0.3, 0.4) is 0 Å². The van der Waals surface area contributed by atoms with Crippen molar-refractivity contribution in [2.24, 2.45) is 0 Å². The SMILES string of the molecule is CCc1ccc(C(C)NCC2(O)CCOC2C)cc1. The first kappa shape index (κ1) is 14.5. The van der Waals surface area contributed by atoms with Crippen LogP contribution >= 0.6 is 0 Å². The Morgan fingerprint density at radius 1 is 1.42 bits per heavy atom. The van der Waals surface area contributed by atoms with Crippen LogP contribution in [0.5, 0.6) is 0 Å². The van der Waals surface area contributed by atoms with E-state index in [2.05, 4.69) is 43.4 Å². The highest BCUT2D eigenvalue weighted by Gasteiger charge is 2.39. The minimum Gasteiger partial charge on any atom is -0.386 e. The van der Waals surface area contributed by atoms with E-state index < -0.39 is 5.60 Å². The van der Waals surface area contributed by atoms with Gasteiger partial charge in [0.2, 0.25) is 0 Å². The van der Waals surface area contributed by atoms with E-state index in [4.69, 9.17) is 4.74 Å². The van der Waals surface area contributed by atoms with Crippen molar-refractivity contribution in [3.63, 3.8) is 0 Å². The molecule has 0 aromatic heterocycles. The molecule has 3 atom stereocenters. The summed E-state index contributed by atoms with van der Waals surface area (Å²) in [5, 5.41) is 13.9. The molecule has 3 unspecified atom stereocenters. The summed E-state index contributed by atoms with van der Waals surface area (Å²) in [7, 11) is 0. The van der Waals surface area contributed by atoms with Gasteiger partial charge in [-0.15, -0.1) is 0 Å². The van der Waals surface area contributed by atoms with E-state index in [9.17, 15) is 5.11 Å². The molecule has 1 heterocycles. The van der Waals surface area contributed by atoms with Crippen LogP contribution in [0.25, 0.3) is 0 Å². The Balaban J connectivity index is 1.91. The van der Waals surface area contributed by atoms with Crippen molar-refractivity contribution < 1.29 is 9.84 Å². The van der Waals surface area contributed by atoms with Crippen molar-refractivity contribution in [3.05, 3.63) is 35.4 Å². The van der Waals surface area contributed by atoms with Crippen LogP contribution in [-0.4, -0.2) is 30.0 Å². The Bertz CT molecular complexity index is 404. The van der Waals surface area contributed by atoms with E-state index in [1.807, 2.05) is 6.92 Å². The van der Waals surface area contributed by atoms with Crippen molar-refractivity contribution >= 4 is 0 Å². The number of ether oxygens (including phenoxy) is 1. The van der Waals surface area contributed by atoms with Crippen LogP contribution in [0.15, 0.2) is 24.3 Å². The lowest BCUT2D eigenvalue weighted by molar-refractivity contribution is -0.0274. The summed E-state index contributed by atoms with van der Waals surface area (Å²) >= 11 is 0. The quantitative estimate of drug-likeness (QED) is 0.857. The molecule has 2 rings (SSSR count). The maximum Gasteiger partial charge on any atom is 0.105 e. The smallest absolute Gasteiger partial charge is 0.105 e. The van der Waals surface area contributed by atoms with Crippen molar-refractivity contribution in [3.8, 4) is 0 Å². The molecule has 1 aromatic rings. The van der Waals surface area contributed by atoms with Crippen LogP contribution in [0, 0.1) is 0 Å². The van der Waals surface area contributed by atoms with Crippen LogP contribution in [0.1, 0.15) is 44.4 Å². The van der Waals surface area contributed by atoms with Crippen LogP contribution < -0.4 is 5.32 Å². The molecule has 0 saturated carbocycles. The van der Waals surface area contributed by atoms with E-state index >= 15 is 0 Å². The molecule has 1 saturated heterocycles. The molecule has 106 valence electrons. The molecule has 0 radical (unpaired) electrons. The zero-order valence-corrected chi connectivity index (χ0v) is 12.1. The first-order valence-corrected chi connectivity index (χ1v) is 7.21. The predicted octanol–water partition coefficient (Wildman–Crippen LogP) is 2.44. The first-order valence-electron chi connectivity index (χ1n) is 7.21. The third-order valence-electron chi connectivity index (χ3n) is 4.26. The van der Waals surface area contributed by atoms with E-state index in [0.29, 0.717) is 19.6 Å². The number of rotatable bonds is 5. The predicted molar refractivity (Wildman–Crippen MR) is 77.2 cm³/mol. The van der Waals surface area contributed by atoms with Gasteiger partial charge in [0, 0.05) is 25.6 Å². The third-order valence-corrected chi connectivity index (χ3v) is 4.26. The summed E-state index contributed by atoms with van der Waals surface area (Å²) in [4.78, 5) is 0. The van der Waals surface area contributed by atoms with Crippen LogP contribution in [0.2, 0.25) is 0 Å². The minimum absolute atomic E-state index is 0.0883. The zero-order chi connectivity index (χ0) is 13.9. The van der Waals surface area contributed by atoms with Crippen molar-refractivity contribution in [2.75, 3.05) is 13.2 Å². The second-order valence-electron chi connectivity index (χ2n) is 5.56. The highest BCUT2D eigenvalue weighted by atomic mass is 16.5. The standard InChI is InChI=1S/C16H25NO2/c1-4-14-5-7-15(8-6-14)12(2)17-11-16(18)9-10-19-13(16)3/h5-8,12-13,17-18H,4,9-11H2,1-3H3. The monoisotopic (exact) mass is 263 g/mol. The number of nitrogens with one attached hydrogen (secondary N) is 1. The largest absolute Gasteiger partial charge is 0.386 e. The van der Waals surface area contributed by atoms with Gasteiger partial charge in [0.25, 0.3) is 0 Å². The number of hydrogen-bond donors (Lipinski definition) is 2. The summed E-state index contributed by atoms with van der Waals surface area (Å²) < 4.78 is 5.45. The van der Waals surface area contributed by atoms with Gasteiger partial charge < -0.3 is 15.2 Å². The molecule has 19 heavy (non-hydrogen) atoms. The van der Waals surface area contributed by atoms with Gasteiger partial charge in [0.05, 0.1) is 6.10 Å². The van der Waals surface area contributed by atoms with Crippen molar-refractivity contribution in [2.45, 2.75) is 51.4 Å². The third kappa shape index (κ3) is 3.35. The molecule has 1 aliphatic heterocycles. The Labute approximate surface area is 116 Å². The number of aryl methyl sites for hydroxylation is 1. The van der Waals surface area contributed by atoms with Crippen LogP contribution in [-0.2, 0) is 11.2 Å². The fraction of sp³-hybridized carbons (Fsp3) is 0.625. The Morgan fingerprint density at radius 2 is 2.11 bits per heavy atom. The van der Waals surface area contributed by atoms with Crippen LogP contribution in [0.4, 0.5) is 0 Å². The van der Waals surface area contributed by atoms with Gasteiger partial charge in [-0.05, 0) is 31.4 Å². The second-order valence-corrected chi connectivity index (χ2v) is 5.56. The molecule has 0 spiro atoms. The Kier molecular flexibility index (Phi) is 4.61. The molecule has 0 aliphatic carbocycles. The first-order chi connectivity index (χ1) is 9.05. The molecule has 3 heteroatoms. The normalized spacial score (nSPS) is 28.5. The summed E-state index contributed by atoms with van der Waals surface area (Å²) in [6, 6.07) is 8.90. The summed E-state index contributed by atoms with van der Waals surface area (Å²) in [5.41, 5.74) is 1.89. The van der Waals surface area contributed by atoms with Crippen molar-refractivity contribution in [1.82, 2.24) is 5.32 Å². The summed E-state index contributed by atoms with van der Waals surface area (Å²) in [6.45, 7) is 7.46. The van der Waals surface area contributed by atoms with Crippen molar-refractivity contribution in [1.29, 1.82) is 0 Å². The highest BCUT2D eigenvalue weighted by Crippen LogP contribution is 2.25. The van der Waals surface area contributed by atoms with Gasteiger partial charge in [-0.2, -0.15) is 0 Å². The molecular weight excluding hydrogens is 238 g/mol. The Hall–Kier alpha value is -0.900. The number of benzene rings is 1. The summed E-state index contributed by atoms with van der Waals surface area (Å²) in [6.07, 6.45) is 1.69. The molecule has 3 nitrogen and oxygen atoms in total. The lowest BCUT2D eigenvalue weighted by atomic mass is 9.95. The van der Waals surface area contributed by atoms with Gasteiger partial charge >= 0.3 is 0 Å². The van der Waals surface area contributed by atoms with Gasteiger partial charge in [-0.25, -0.2) is 0 Å². The van der Waals surface area contributed by atoms with E-state index in [1.54, 1.807) is 0 Å². The second kappa shape index (κ2) is 6.04. The molecule has 0 bridgehead atoms. The molecule has 1 aromatic carbocycles. The molecule has 1 aliphatic rings. The fourth-order valence-electron chi connectivity index (χ4n) is 2.49. The fourth-order valence-corrected chi connectivity index (χ4v) is 2.49. The maximum absolute atomic E-state index is 10.5. The lowest BCUT2D eigenvalue weighted by Gasteiger charge is -2.28. The molecule has 1 fully saturated rings. The average molecular weight is 263 g/mol. The van der Waals surface area contributed by atoms with E-state index in [-0.39, 0.29) is 12.1 Å². The number of hydrogen-bond acceptors (Lipinski definition) is 3. The van der Waals surface area contributed by atoms with Gasteiger partial charge in [-0.1, -0.05) is 31.2 Å². The molecule has 0 amide bonds.